The topological polar surface area (TPSA) is 49.6 Å². The molecule has 7 aromatic carbocycles. The van der Waals surface area contributed by atoms with Crippen LogP contribution in [0.4, 0.5) is 0 Å². The summed E-state index contributed by atoms with van der Waals surface area (Å²) in [6, 6.07) is 53.3. The number of nitrogens with one attached hydrogen (secondary N) is 2. The van der Waals surface area contributed by atoms with E-state index in [0.717, 1.165) is 61.0 Å². The fraction of sp³-hybridized carbons (Fsp3) is 0.0488. The van der Waals surface area contributed by atoms with Gasteiger partial charge in [-0.15, -0.1) is 0 Å². The Morgan fingerprint density at radius 3 is 1.98 bits per heavy atom. The van der Waals surface area contributed by atoms with Crippen molar-refractivity contribution in [3.8, 4) is 11.1 Å². The van der Waals surface area contributed by atoms with Crippen LogP contribution in [0.1, 0.15) is 29.0 Å². The van der Waals surface area contributed by atoms with Crippen LogP contribution in [0.5, 0.6) is 0 Å². The van der Waals surface area contributed by atoms with Crippen LogP contribution in [-0.4, -0.2) is 5.84 Å². The quantitative estimate of drug-likeness (QED) is 0.218. The zero-order chi connectivity index (χ0) is 29.7. The Morgan fingerprint density at radius 1 is 0.533 bits per heavy atom. The lowest BCUT2D eigenvalue weighted by atomic mass is 9.92. The molecule has 2 heterocycles. The molecule has 0 saturated heterocycles. The average Bonchev–Trinajstić information content (AvgIpc) is 3.48. The lowest BCUT2D eigenvalue weighted by molar-refractivity contribution is 0.411. The van der Waals surface area contributed by atoms with Crippen LogP contribution < -0.4 is 10.6 Å². The Hall–Kier alpha value is -5.71. The summed E-state index contributed by atoms with van der Waals surface area (Å²) in [7, 11) is 0. The summed E-state index contributed by atoms with van der Waals surface area (Å²) in [5.41, 5.74) is 7.35. The number of fused-ring (bicyclic) bond motifs is 5. The first kappa shape index (κ1) is 25.8. The minimum Gasteiger partial charge on any atom is -0.456 e. The van der Waals surface area contributed by atoms with Gasteiger partial charge < -0.3 is 9.73 Å². The molecule has 4 nitrogen and oxygen atoms in total. The van der Waals surface area contributed by atoms with Crippen LogP contribution >= 0.6 is 0 Å². The van der Waals surface area contributed by atoms with Gasteiger partial charge in [0.1, 0.15) is 29.3 Å². The molecule has 2 atom stereocenters. The van der Waals surface area contributed by atoms with Crippen molar-refractivity contribution in [2.24, 2.45) is 4.99 Å². The van der Waals surface area contributed by atoms with E-state index >= 15 is 0 Å². The molecule has 0 spiro atoms. The molecular formula is C41H29N3O. The van der Waals surface area contributed by atoms with E-state index in [1.165, 1.54) is 16.2 Å². The van der Waals surface area contributed by atoms with Crippen molar-refractivity contribution in [3.05, 3.63) is 168 Å². The van der Waals surface area contributed by atoms with Gasteiger partial charge in [0.25, 0.3) is 0 Å². The molecule has 1 aliphatic rings. The number of benzene rings is 7. The van der Waals surface area contributed by atoms with Gasteiger partial charge in [-0.25, -0.2) is 4.99 Å². The first-order valence-electron chi connectivity index (χ1n) is 15.4. The highest BCUT2D eigenvalue weighted by atomic mass is 16.3. The van der Waals surface area contributed by atoms with Crippen LogP contribution in [-0.2, 0) is 0 Å². The van der Waals surface area contributed by atoms with Gasteiger partial charge in [0.2, 0.25) is 0 Å². The predicted molar refractivity (Wildman–Crippen MR) is 185 cm³/mol. The summed E-state index contributed by atoms with van der Waals surface area (Å²) >= 11 is 0. The van der Waals surface area contributed by atoms with Crippen LogP contribution in [0, 0.1) is 0 Å². The second kappa shape index (κ2) is 10.5. The van der Waals surface area contributed by atoms with Gasteiger partial charge in [-0.05, 0) is 62.5 Å². The van der Waals surface area contributed by atoms with Gasteiger partial charge in [0.05, 0.1) is 0 Å². The molecule has 0 bridgehead atoms. The molecule has 9 rings (SSSR count). The van der Waals surface area contributed by atoms with Gasteiger partial charge in [-0.3, -0.25) is 5.32 Å². The number of nitrogens with zero attached hydrogens (tertiary/aromatic N) is 1. The van der Waals surface area contributed by atoms with E-state index in [-0.39, 0.29) is 12.3 Å². The predicted octanol–water partition coefficient (Wildman–Crippen LogP) is 9.90. The summed E-state index contributed by atoms with van der Waals surface area (Å²) in [5.74, 6) is 0.854. The van der Waals surface area contributed by atoms with Crippen molar-refractivity contribution in [2.75, 3.05) is 0 Å². The second-order valence-corrected chi connectivity index (χ2v) is 11.7. The van der Waals surface area contributed by atoms with Crippen molar-refractivity contribution >= 4 is 49.3 Å². The summed E-state index contributed by atoms with van der Waals surface area (Å²) in [6.45, 7) is 0. The molecule has 2 N–H and O–H groups in total. The Kier molecular flexibility index (Phi) is 6.00. The third-order valence-electron chi connectivity index (χ3n) is 8.92. The van der Waals surface area contributed by atoms with E-state index < -0.39 is 0 Å². The largest absolute Gasteiger partial charge is 0.456 e. The highest BCUT2D eigenvalue weighted by molar-refractivity contribution is 6.13. The smallest absolute Gasteiger partial charge is 0.136 e. The molecule has 45 heavy (non-hydrogen) atoms. The number of aliphatic imine (C=N–C) groups is 1. The van der Waals surface area contributed by atoms with Crippen molar-refractivity contribution in [1.29, 1.82) is 0 Å². The standard InChI is InChI=1S/C41H29N3O/c1-3-12-27(13-4-1)33-21-22-35-37(34-24-30-17-9-10-18-31(30)25-36(34)45-35)38(33)41-43-39(28-14-5-2-6-15-28)42-40(44-41)32-20-19-26-11-7-8-16-29(26)23-32/h1-25,39,41,43H,(H,42,44). The van der Waals surface area contributed by atoms with E-state index in [4.69, 9.17) is 9.41 Å². The molecule has 1 aromatic heterocycles. The van der Waals surface area contributed by atoms with Gasteiger partial charge in [-0.2, -0.15) is 0 Å². The van der Waals surface area contributed by atoms with Crippen LogP contribution in [0.25, 0.3) is 54.6 Å². The van der Waals surface area contributed by atoms with E-state index in [1.54, 1.807) is 0 Å². The molecule has 0 fully saturated rings. The maximum absolute atomic E-state index is 6.57. The van der Waals surface area contributed by atoms with E-state index in [1.807, 2.05) is 6.07 Å². The van der Waals surface area contributed by atoms with Crippen molar-refractivity contribution in [1.82, 2.24) is 10.6 Å². The van der Waals surface area contributed by atoms with E-state index in [2.05, 4.69) is 156 Å². The number of hydrogen-bond donors (Lipinski definition) is 2. The van der Waals surface area contributed by atoms with E-state index in [0.29, 0.717) is 0 Å². The zero-order valence-corrected chi connectivity index (χ0v) is 24.4. The Labute approximate surface area is 260 Å². The van der Waals surface area contributed by atoms with Gasteiger partial charge in [-0.1, -0.05) is 127 Å². The molecule has 0 radical (unpaired) electrons. The molecule has 0 saturated carbocycles. The first-order valence-corrected chi connectivity index (χ1v) is 15.4. The monoisotopic (exact) mass is 579 g/mol. The van der Waals surface area contributed by atoms with Gasteiger partial charge in [0.15, 0.2) is 0 Å². The maximum atomic E-state index is 6.57. The van der Waals surface area contributed by atoms with Crippen molar-refractivity contribution in [2.45, 2.75) is 12.3 Å². The number of rotatable bonds is 4. The molecule has 8 aromatic rings. The molecule has 0 aliphatic carbocycles. The Morgan fingerprint density at radius 2 is 1.20 bits per heavy atom. The number of hydrogen-bond acceptors (Lipinski definition) is 4. The summed E-state index contributed by atoms with van der Waals surface area (Å²) < 4.78 is 6.57. The van der Waals surface area contributed by atoms with Crippen LogP contribution in [0.3, 0.4) is 0 Å². The molecule has 0 amide bonds. The molecule has 214 valence electrons. The summed E-state index contributed by atoms with van der Waals surface area (Å²) in [6.07, 6.45) is -0.517. The Bertz CT molecular complexity index is 2390. The van der Waals surface area contributed by atoms with Crippen molar-refractivity contribution < 1.29 is 4.42 Å². The summed E-state index contributed by atoms with van der Waals surface area (Å²) in [5, 5.41) is 14.7. The lowest BCUT2D eigenvalue weighted by Crippen LogP contribution is -2.45. The van der Waals surface area contributed by atoms with Crippen molar-refractivity contribution in [3.63, 3.8) is 0 Å². The van der Waals surface area contributed by atoms with Crippen LogP contribution in [0.2, 0.25) is 0 Å². The normalized spacial score (nSPS) is 16.7. The molecular weight excluding hydrogens is 550 g/mol. The molecule has 1 aliphatic heterocycles. The molecule has 4 heteroatoms. The third-order valence-corrected chi connectivity index (χ3v) is 8.92. The van der Waals surface area contributed by atoms with Gasteiger partial charge >= 0.3 is 0 Å². The number of furan rings is 1. The number of amidine groups is 1. The minimum atomic E-state index is -0.264. The minimum absolute atomic E-state index is 0.253. The van der Waals surface area contributed by atoms with E-state index in [9.17, 15) is 0 Å². The lowest BCUT2D eigenvalue weighted by Gasteiger charge is -2.33. The molecule has 2 unspecified atom stereocenters. The first-order chi connectivity index (χ1) is 22.3. The maximum Gasteiger partial charge on any atom is 0.136 e. The highest BCUT2D eigenvalue weighted by Crippen LogP contribution is 2.42. The zero-order valence-electron chi connectivity index (χ0n) is 24.4. The van der Waals surface area contributed by atoms with Crippen LogP contribution in [0.15, 0.2) is 161 Å². The fourth-order valence-corrected chi connectivity index (χ4v) is 6.75. The Balaban J connectivity index is 1.29. The third kappa shape index (κ3) is 4.46. The van der Waals surface area contributed by atoms with Gasteiger partial charge in [0, 0.05) is 21.9 Å². The summed E-state index contributed by atoms with van der Waals surface area (Å²) in [4.78, 5) is 5.25. The SMILES string of the molecule is c1ccc(-c2ccc3oc4cc5ccccc5cc4c3c2C2NC(c3ccc4ccccc4c3)=NC(c3ccccc3)N2)cc1. The average molecular weight is 580 g/mol. The highest BCUT2D eigenvalue weighted by Gasteiger charge is 2.30. The second-order valence-electron chi connectivity index (χ2n) is 11.7. The fourth-order valence-electron chi connectivity index (χ4n) is 6.75.